The van der Waals surface area contributed by atoms with Gasteiger partial charge in [0.2, 0.25) is 5.91 Å². The number of nitrogens with zero attached hydrogens (tertiary/aromatic N) is 2. The number of carbonyl (C=O) groups excluding carboxylic acids is 2. The van der Waals surface area contributed by atoms with Crippen molar-refractivity contribution in [3.05, 3.63) is 41.0 Å². The first kappa shape index (κ1) is 18.0. The zero-order chi connectivity index (χ0) is 17.9. The summed E-state index contributed by atoms with van der Waals surface area (Å²) in [6.07, 6.45) is 0. The van der Waals surface area contributed by atoms with Crippen molar-refractivity contribution in [3.63, 3.8) is 0 Å². The molecule has 0 radical (unpaired) electrons. The van der Waals surface area contributed by atoms with Crippen LogP contribution in [0.2, 0.25) is 5.02 Å². The minimum atomic E-state index is -0.393. The van der Waals surface area contributed by atoms with E-state index in [1.54, 1.807) is 24.3 Å². The smallest absolute Gasteiger partial charge is 0.276 e. The number of aromatic nitrogens is 1. The van der Waals surface area contributed by atoms with Crippen molar-refractivity contribution in [3.8, 4) is 11.3 Å². The van der Waals surface area contributed by atoms with Crippen LogP contribution in [-0.2, 0) is 4.79 Å². The van der Waals surface area contributed by atoms with Gasteiger partial charge in [0.15, 0.2) is 11.5 Å². The molecule has 0 aliphatic heterocycles. The van der Waals surface area contributed by atoms with Gasteiger partial charge in [0.05, 0.1) is 6.54 Å². The van der Waals surface area contributed by atoms with Crippen molar-refractivity contribution in [2.45, 2.75) is 26.3 Å². The van der Waals surface area contributed by atoms with Crippen molar-refractivity contribution in [2.75, 3.05) is 13.6 Å². The molecule has 0 saturated carbocycles. The topological polar surface area (TPSA) is 75.4 Å². The van der Waals surface area contributed by atoms with Gasteiger partial charge in [0.25, 0.3) is 5.91 Å². The Morgan fingerprint density at radius 2 is 2.00 bits per heavy atom. The summed E-state index contributed by atoms with van der Waals surface area (Å²) in [4.78, 5) is 25.6. The van der Waals surface area contributed by atoms with E-state index in [0.29, 0.717) is 10.8 Å². The summed E-state index contributed by atoms with van der Waals surface area (Å²) >= 11 is 5.94. The summed E-state index contributed by atoms with van der Waals surface area (Å²) in [5.74, 6) is -0.193. The van der Waals surface area contributed by atoms with Crippen molar-refractivity contribution >= 4 is 23.4 Å². The number of benzene rings is 1. The van der Waals surface area contributed by atoms with E-state index < -0.39 is 5.91 Å². The number of nitrogens with one attached hydrogen (secondary N) is 1. The summed E-state index contributed by atoms with van der Waals surface area (Å²) in [6, 6.07) is 8.59. The van der Waals surface area contributed by atoms with Gasteiger partial charge in [-0.15, -0.1) is 0 Å². The monoisotopic (exact) mass is 349 g/mol. The lowest BCUT2D eigenvalue weighted by molar-refractivity contribution is -0.122. The van der Waals surface area contributed by atoms with Crippen molar-refractivity contribution < 1.29 is 14.1 Å². The Bertz CT molecular complexity index is 750. The third-order valence-corrected chi connectivity index (χ3v) is 3.32. The average Bonchev–Trinajstić information content (AvgIpc) is 2.94. The third-order valence-electron chi connectivity index (χ3n) is 3.08. The van der Waals surface area contributed by atoms with Crippen LogP contribution in [0.3, 0.4) is 0 Å². The van der Waals surface area contributed by atoms with E-state index in [4.69, 9.17) is 16.1 Å². The Kier molecular flexibility index (Phi) is 5.29. The molecule has 1 aromatic heterocycles. The molecule has 1 aromatic carbocycles. The molecule has 0 unspecified atom stereocenters. The zero-order valence-electron chi connectivity index (χ0n) is 14.1. The Balaban J connectivity index is 2.06. The molecule has 128 valence electrons. The minimum Gasteiger partial charge on any atom is -0.355 e. The molecule has 6 nitrogen and oxygen atoms in total. The molecule has 7 heteroatoms. The Morgan fingerprint density at radius 3 is 2.62 bits per heavy atom. The van der Waals surface area contributed by atoms with Crippen LogP contribution in [-0.4, -0.2) is 41.0 Å². The highest BCUT2D eigenvalue weighted by molar-refractivity contribution is 6.30. The predicted molar refractivity (Wildman–Crippen MR) is 91.8 cm³/mol. The molecule has 2 rings (SSSR count). The molecule has 24 heavy (non-hydrogen) atoms. The van der Waals surface area contributed by atoms with Crippen LogP contribution in [0.4, 0.5) is 0 Å². The van der Waals surface area contributed by atoms with Crippen LogP contribution in [0.1, 0.15) is 31.3 Å². The normalized spacial score (nSPS) is 11.2. The van der Waals surface area contributed by atoms with Crippen LogP contribution in [0.15, 0.2) is 34.9 Å². The zero-order valence-corrected chi connectivity index (χ0v) is 14.8. The van der Waals surface area contributed by atoms with Gasteiger partial charge in [0, 0.05) is 29.2 Å². The number of carbonyl (C=O) groups is 2. The predicted octanol–water partition coefficient (Wildman–Crippen LogP) is 2.98. The first-order chi connectivity index (χ1) is 11.2. The lowest BCUT2D eigenvalue weighted by Crippen LogP contribution is -2.46. The first-order valence-corrected chi connectivity index (χ1v) is 7.82. The van der Waals surface area contributed by atoms with Gasteiger partial charge in [-0.05, 0) is 32.9 Å². The molecule has 2 amide bonds. The minimum absolute atomic E-state index is 0.0601. The van der Waals surface area contributed by atoms with Gasteiger partial charge in [-0.3, -0.25) is 9.59 Å². The Hall–Kier alpha value is -2.34. The summed E-state index contributed by atoms with van der Waals surface area (Å²) in [5, 5.41) is 7.15. The van der Waals surface area contributed by atoms with Crippen molar-refractivity contribution in [1.29, 1.82) is 0 Å². The molecule has 1 heterocycles. The van der Waals surface area contributed by atoms with Gasteiger partial charge in [-0.2, -0.15) is 0 Å². The molecule has 0 atom stereocenters. The number of hydrogen-bond donors (Lipinski definition) is 1. The summed E-state index contributed by atoms with van der Waals surface area (Å²) < 4.78 is 5.21. The molecule has 0 aliphatic rings. The molecule has 0 aliphatic carbocycles. The van der Waals surface area contributed by atoms with Gasteiger partial charge in [-0.1, -0.05) is 28.9 Å². The van der Waals surface area contributed by atoms with Crippen LogP contribution < -0.4 is 5.32 Å². The fraction of sp³-hybridized carbons (Fsp3) is 0.353. The number of amides is 2. The van der Waals surface area contributed by atoms with E-state index in [9.17, 15) is 9.59 Å². The van der Waals surface area contributed by atoms with E-state index in [0.717, 1.165) is 5.56 Å². The van der Waals surface area contributed by atoms with E-state index in [2.05, 4.69) is 10.5 Å². The van der Waals surface area contributed by atoms with E-state index in [1.165, 1.54) is 18.0 Å². The summed E-state index contributed by atoms with van der Waals surface area (Å²) in [6.45, 7) is 5.57. The number of likely N-dealkylation sites (N-methyl/N-ethyl adjacent to an activating group) is 1. The largest absolute Gasteiger partial charge is 0.355 e. The standard InChI is InChI=1S/C17H20ClN3O3/c1-17(2,3)19-15(22)10-21(4)16(23)13-9-14(24-20-13)11-6-5-7-12(18)8-11/h5-9H,10H2,1-4H3,(H,19,22). The molecular formula is C17H20ClN3O3. The molecule has 0 fully saturated rings. The maximum atomic E-state index is 12.4. The molecule has 0 saturated heterocycles. The maximum absolute atomic E-state index is 12.4. The molecule has 1 N–H and O–H groups in total. The highest BCUT2D eigenvalue weighted by Crippen LogP contribution is 2.23. The highest BCUT2D eigenvalue weighted by Gasteiger charge is 2.21. The number of halogens is 1. The second-order valence-electron chi connectivity index (χ2n) is 6.55. The second kappa shape index (κ2) is 7.05. The van der Waals surface area contributed by atoms with E-state index in [1.807, 2.05) is 20.8 Å². The third kappa shape index (κ3) is 4.83. The van der Waals surface area contributed by atoms with Crippen LogP contribution in [0, 0.1) is 0 Å². The summed E-state index contributed by atoms with van der Waals surface area (Å²) in [7, 11) is 1.54. The fourth-order valence-electron chi connectivity index (χ4n) is 2.09. The van der Waals surface area contributed by atoms with E-state index in [-0.39, 0.29) is 23.7 Å². The fourth-order valence-corrected chi connectivity index (χ4v) is 2.28. The number of rotatable bonds is 4. The van der Waals surface area contributed by atoms with Crippen molar-refractivity contribution in [1.82, 2.24) is 15.4 Å². The summed E-state index contributed by atoms with van der Waals surface area (Å²) in [5.41, 5.74) is 0.507. The maximum Gasteiger partial charge on any atom is 0.276 e. The van der Waals surface area contributed by atoms with Gasteiger partial charge < -0.3 is 14.7 Å². The van der Waals surface area contributed by atoms with Crippen LogP contribution in [0.25, 0.3) is 11.3 Å². The molecule has 0 spiro atoms. The molecular weight excluding hydrogens is 330 g/mol. The highest BCUT2D eigenvalue weighted by atomic mass is 35.5. The van der Waals surface area contributed by atoms with Gasteiger partial charge >= 0.3 is 0 Å². The van der Waals surface area contributed by atoms with E-state index >= 15 is 0 Å². The molecule has 2 aromatic rings. The lowest BCUT2D eigenvalue weighted by atomic mass is 10.1. The quantitative estimate of drug-likeness (QED) is 0.920. The Morgan fingerprint density at radius 1 is 1.29 bits per heavy atom. The molecule has 0 bridgehead atoms. The van der Waals surface area contributed by atoms with Gasteiger partial charge in [-0.25, -0.2) is 0 Å². The first-order valence-electron chi connectivity index (χ1n) is 7.45. The van der Waals surface area contributed by atoms with Crippen LogP contribution in [0.5, 0.6) is 0 Å². The number of hydrogen-bond acceptors (Lipinski definition) is 4. The van der Waals surface area contributed by atoms with Crippen molar-refractivity contribution in [2.24, 2.45) is 0 Å². The van der Waals surface area contributed by atoms with Gasteiger partial charge in [0.1, 0.15) is 0 Å². The SMILES string of the molecule is CN(CC(=O)NC(C)(C)C)C(=O)c1cc(-c2cccc(Cl)c2)on1. The average molecular weight is 350 g/mol. The lowest BCUT2D eigenvalue weighted by Gasteiger charge is -2.23. The second-order valence-corrected chi connectivity index (χ2v) is 6.98. The Labute approximate surface area is 145 Å². The van der Waals surface area contributed by atoms with Crippen LogP contribution >= 0.6 is 11.6 Å².